The lowest BCUT2D eigenvalue weighted by Gasteiger charge is -2.28. The Morgan fingerprint density at radius 2 is 1.73 bits per heavy atom. The number of ether oxygens (including phenoxy) is 2. The molecule has 6 heteroatoms. The second kappa shape index (κ2) is 7.93. The summed E-state index contributed by atoms with van der Waals surface area (Å²) in [4.78, 5) is 11.1. The highest BCUT2D eigenvalue weighted by molar-refractivity contribution is 5.72. The quantitative estimate of drug-likeness (QED) is 0.708. The van der Waals surface area contributed by atoms with E-state index in [2.05, 4.69) is 0 Å². The minimum atomic E-state index is -0.994. The number of phenolic OH excluding ortho intramolecular Hbond substituents is 2. The number of rotatable bonds is 5. The third kappa shape index (κ3) is 4.77. The van der Waals surface area contributed by atoms with E-state index in [1.807, 2.05) is 6.08 Å². The smallest absolute Gasteiger partial charge is 0.332 e. The third-order valence-electron chi connectivity index (χ3n) is 4.04. The Morgan fingerprint density at radius 1 is 1.00 bits per heavy atom. The van der Waals surface area contributed by atoms with Crippen molar-refractivity contribution in [1.82, 2.24) is 0 Å². The van der Waals surface area contributed by atoms with E-state index in [1.165, 1.54) is 6.07 Å². The van der Waals surface area contributed by atoms with E-state index < -0.39 is 18.4 Å². The lowest BCUT2D eigenvalue weighted by Crippen LogP contribution is -2.36. The van der Waals surface area contributed by atoms with Gasteiger partial charge in [-0.1, -0.05) is 24.3 Å². The first-order valence-electron chi connectivity index (χ1n) is 8.36. The van der Waals surface area contributed by atoms with Crippen LogP contribution in [-0.2, 0) is 9.53 Å². The molecule has 0 radical (unpaired) electrons. The van der Waals surface area contributed by atoms with Gasteiger partial charge in [-0.15, -0.1) is 0 Å². The van der Waals surface area contributed by atoms with Gasteiger partial charge in [-0.2, -0.15) is 0 Å². The summed E-state index contributed by atoms with van der Waals surface area (Å²) in [7, 11) is 0. The molecule has 2 aromatic carbocycles. The van der Waals surface area contributed by atoms with Crippen LogP contribution < -0.4 is 4.74 Å². The number of carboxylic acid groups (broad SMARTS) is 1. The first-order chi connectivity index (χ1) is 12.5. The summed E-state index contributed by atoms with van der Waals surface area (Å²) in [5.41, 5.74) is 1.62. The van der Waals surface area contributed by atoms with Crippen LogP contribution in [0.5, 0.6) is 17.2 Å². The summed E-state index contributed by atoms with van der Waals surface area (Å²) in [6, 6.07) is 11.5. The van der Waals surface area contributed by atoms with Crippen LogP contribution in [-0.4, -0.2) is 33.7 Å². The molecule has 1 fully saturated rings. The number of aliphatic carboxylic acids is 1. The zero-order chi connectivity index (χ0) is 18.5. The fraction of sp³-hybridized carbons (Fsp3) is 0.250. The van der Waals surface area contributed by atoms with Gasteiger partial charge in [0.1, 0.15) is 17.2 Å². The zero-order valence-electron chi connectivity index (χ0n) is 14.0. The van der Waals surface area contributed by atoms with Crippen molar-refractivity contribution in [2.75, 3.05) is 0 Å². The second-order valence-corrected chi connectivity index (χ2v) is 6.13. The van der Waals surface area contributed by atoms with Gasteiger partial charge in [-0.25, -0.2) is 4.79 Å². The number of benzene rings is 2. The highest BCUT2D eigenvalue weighted by atomic mass is 16.7. The molecule has 1 saturated heterocycles. The standard InChI is InChI=1S/C20H20O6/c21-15-8-6-13(7-9-15)4-5-14-10-16(22)12-17(11-14)25-19-3-1-2-18(26-19)20(23)24/h4-12,18-19,21-22H,1-3H2,(H,23,24)/b5-4+. The highest BCUT2D eigenvalue weighted by Crippen LogP contribution is 2.27. The van der Waals surface area contributed by atoms with Gasteiger partial charge in [-0.05, 0) is 48.2 Å². The van der Waals surface area contributed by atoms with Gasteiger partial charge in [0.2, 0.25) is 6.29 Å². The van der Waals surface area contributed by atoms with Crippen LogP contribution in [0, 0.1) is 0 Å². The average molecular weight is 356 g/mol. The fourth-order valence-electron chi connectivity index (χ4n) is 2.76. The summed E-state index contributed by atoms with van der Waals surface area (Å²) < 4.78 is 11.1. The maximum atomic E-state index is 11.1. The van der Waals surface area contributed by atoms with E-state index in [9.17, 15) is 15.0 Å². The Morgan fingerprint density at radius 3 is 2.46 bits per heavy atom. The van der Waals surface area contributed by atoms with Crippen molar-refractivity contribution in [3.8, 4) is 17.2 Å². The Hall–Kier alpha value is -2.99. The van der Waals surface area contributed by atoms with Crippen LogP contribution in [0.2, 0.25) is 0 Å². The first kappa shape index (κ1) is 17.8. The number of carbonyl (C=O) groups is 1. The molecule has 2 atom stereocenters. The predicted molar refractivity (Wildman–Crippen MR) is 95.9 cm³/mol. The number of hydrogen-bond donors (Lipinski definition) is 3. The molecule has 1 aliphatic rings. The van der Waals surface area contributed by atoms with Gasteiger partial charge in [-0.3, -0.25) is 0 Å². The van der Waals surface area contributed by atoms with E-state index in [-0.39, 0.29) is 11.5 Å². The largest absolute Gasteiger partial charge is 0.508 e. The zero-order valence-corrected chi connectivity index (χ0v) is 14.0. The topological polar surface area (TPSA) is 96.2 Å². The van der Waals surface area contributed by atoms with Gasteiger partial charge in [0.15, 0.2) is 6.10 Å². The Bertz CT molecular complexity index is 796. The molecule has 2 unspecified atom stereocenters. The van der Waals surface area contributed by atoms with Gasteiger partial charge < -0.3 is 24.8 Å². The molecule has 136 valence electrons. The van der Waals surface area contributed by atoms with Gasteiger partial charge in [0, 0.05) is 12.5 Å². The summed E-state index contributed by atoms with van der Waals surface area (Å²) in [6.07, 6.45) is 3.90. The minimum Gasteiger partial charge on any atom is -0.508 e. The number of carboxylic acids is 1. The molecule has 3 rings (SSSR count). The van der Waals surface area contributed by atoms with Crippen molar-refractivity contribution >= 4 is 18.1 Å². The Labute approximate surface area is 150 Å². The van der Waals surface area contributed by atoms with Crippen LogP contribution in [0.1, 0.15) is 30.4 Å². The van der Waals surface area contributed by atoms with Crippen LogP contribution in [0.3, 0.4) is 0 Å². The molecule has 26 heavy (non-hydrogen) atoms. The van der Waals surface area contributed by atoms with Crippen molar-refractivity contribution in [3.63, 3.8) is 0 Å². The van der Waals surface area contributed by atoms with Crippen molar-refractivity contribution in [2.45, 2.75) is 31.7 Å². The SMILES string of the molecule is O=C(O)C1CCCC(Oc2cc(O)cc(/C=C/c3ccc(O)cc3)c2)O1. The minimum absolute atomic E-state index is 0.0402. The monoisotopic (exact) mass is 356 g/mol. The van der Waals surface area contributed by atoms with Crippen LogP contribution in [0.25, 0.3) is 12.2 Å². The Kier molecular flexibility index (Phi) is 5.43. The highest BCUT2D eigenvalue weighted by Gasteiger charge is 2.28. The van der Waals surface area contributed by atoms with E-state index in [1.54, 1.807) is 42.5 Å². The molecule has 6 nitrogen and oxygen atoms in total. The molecule has 0 spiro atoms. The van der Waals surface area contributed by atoms with Crippen LogP contribution in [0.4, 0.5) is 0 Å². The van der Waals surface area contributed by atoms with Crippen molar-refractivity contribution < 1.29 is 29.6 Å². The molecule has 0 saturated carbocycles. The molecule has 0 amide bonds. The molecule has 3 N–H and O–H groups in total. The molecule has 1 heterocycles. The van der Waals surface area contributed by atoms with Crippen molar-refractivity contribution in [2.24, 2.45) is 0 Å². The molecular formula is C20H20O6. The molecule has 0 bridgehead atoms. The van der Waals surface area contributed by atoms with E-state index in [0.29, 0.717) is 25.0 Å². The van der Waals surface area contributed by atoms with Gasteiger partial charge in [0.05, 0.1) is 0 Å². The maximum Gasteiger partial charge on any atom is 0.332 e. The molecule has 2 aromatic rings. The van der Waals surface area contributed by atoms with Crippen LogP contribution in [0.15, 0.2) is 42.5 Å². The van der Waals surface area contributed by atoms with Gasteiger partial charge in [0.25, 0.3) is 0 Å². The maximum absolute atomic E-state index is 11.1. The lowest BCUT2D eigenvalue weighted by atomic mass is 10.1. The first-order valence-corrected chi connectivity index (χ1v) is 8.36. The number of phenols is 2. The van der Waals surface area contributed by atoms with E-state index >= 15 is 0 Å². The summed E-state index contributed by atoms with van der Waals surface area (Å²) >= 11 is 0. The van der Waals surface area contributed by atoms with Crippen molar-refractivity contribution in [1.29, 1.82) is 0 Å². The van der Waals surface area contributed by atoms with Gasteiger partial charge >= 0.3 is 5.97 Å². The van der Waals surface area contributed by atoms with E-state index in [4.69, 9.17) is 14.6 Å². The molecular weight excluding hydrogens is 336 g/mol. The predicted octanol–water partition coefficient (Wildman–Crippen LogP) is 3.63. The normalized spacial score (nSPS) is 20.2. The van der Waals surface area contributed by atoms with E-state index in [0.717, 1.165) is 11.1 Å². The molecule has 0 aromatic heterocycles. The molecule has 1 aliphatic heterocycles. The average Bonchev–Trinajstić information content (AvgIpc) is 2.61. The summed E-state index contributed by atoms with van der Waals surface area (Å²) in [5, 5.41) is 28.3. The lowest BCUT2D eigenvalue weighted by molar-refractivity contribution is -0.181. The number of aromatic hydroxyl groups is 2. The second-order valence-electron chi connectivity index (χ2n) is 6.13. The fourth-order valence-corrected chi connectivity index (χ4v) is 2.76. The Balaban J connectivity index is 1.71. The van der Waals surface area contributed by atoms with Crippen molar-refractivity contribution in [3.05, 3.63) is 53.6 Å². The summed E-state index contributed by atoms with van der Waals surface area (Å²) in [5.74, 6) is -0.348. The number of hydrogen-bond acceptors (Lipinski definition) is 5. The van der Waals surface area contributed by atoms with Crippen LogP contribution >= 0.6 is 0 Å². The third-order valence-corrected chi connectivity index (χ3v) is 4.04. The molecule has 0 aliphatic carbocycles. The summed E-state index contributed by atoms with van der Waals surface area (Å²) in [6.45, 7) is 0.